The molecule has 0 saturated carbocycles. The third-order valence-electron chi connectivity index (χ3n) is 1.20. The van der Waals surface area contributed by atoms with Crippen LogP contribution in [0.4, 0.5) is 0 Å². The number of hydrogen-bond acceptors (Lipinski definition) is 5. The van der Waals surface area contributed by atoms with Crippen molar-refractivity contribution < 1.29 is 24.2 Å². The molecule has 0 aromatic carbocycles. The Bertz CT molecular complexity index is 229. The van der Waals surface area contributed by atoms with E-state index in [-0.39, 0.29) is 0 Å². The van der Waals surface area contributed by atoms with Crippen LogP contribution in [0.15, 0.2) is 0 Å². The van der Waals surface area contributed by atoms with Gasteiger partial charge in [0, 0.05) is 0 Å². The van der Waals surface area contributed by atoms with Crippen LogP contribution in [0.5, 0.6) is 0 Å². The van der Waals surface area contributed by atoms with Crippen molar-refractivity contribution in [3.8, 4) is 0 Å². The number of hydrogen-bond donors (Lipinski definition) is 1. The normalized spacial score (nSPS) is 16.3. The summed E-state index contributed by atoms with van der Waals surface area (Å²) in [6, 6.07) is 0. The number of rotatable bonds is 5. The molecule has 5 nitrogen and oxygen atoms in total. The molecule has 0 heterocycles. The van der Waals surface area contributed by atoms with Gasteiger partial charge in [-0.3, -0.25) is 4.79 Å². The molecule has 15 heavy (non-hydrogen) atoms. The molecule has 3 atom stereocenters. The van der Waals surface area contributed by atoms with Crippen LogP contribution in [0, 0.1) is 0 Å². The summed E-state index contributed by atoms with van der Waals surface area (Å²) in [4.78, 5) is 21.9. The summed E-state index contributed by atoms with van der Waals surface area (Å²) in [7, 11) is 0. The number of alkyl halides is 2. The van der Waals surface area contributed by atoms with Crippen molar-refractivity contribution in [1.82, 2.24) is 0 Å². The van der Waals surface area contributed by atoms with E-state index in [1.54, 1.807) is 0 Å². The highest BCUT2D eigenvalue weighted by molar-refractivity contribution is 6.20. The molecule has 0 radical (unpaired) electrons. The highest BCUT2D eigenvalue weighted by Gasteiger charge is 2.23. The molecule has 0 saturated heterocycles. The molecular formula is C8H12Cl2O5. The second-order valence-corrected chi connectivity index (χ2v) is 3.96. The van der Waals surface area contributed by atoms with Crippen molar-refractivity contribution in [1.29, 1.82) is 0 Å². The van der Waals surface area contributed by atoms with Crippen LogP contribution < -0.4 is 0 Å². The van der Waals surface area contributed by atoms with Crippen LogP contribution in [0.25, 0.3) is 0 Å². The highest BCUT2D eigenvalue weighted by Crippen LogP contribution is 2.05. The average molecular weight is 259 g/mol. The third-order valence-corrected chi connectivity index (χ3v) is 1.38. The van der Waals surface area contributed by atoms with Gasteiger partial charge in [-0.25, -0.2) is 4.79 Å². The second-order valence-electron chi connectivity index (χ2n) is 2.73. The van der Waals surface area contributed by atoms with E-state index >= 15 is 0 Å². The minimum atomic E-state index is -1.59. The van der Waals surface area contributed by atoms with E-state index in [4.69, 9.17) is 23.2 Å². The Morgan fingerprint density at radius 2 is 1.67 bits per heavy atom. The van der Waals surface area contributed by atoms with Gasteiger partial charge in [-0.05, 0) is 13.8 Å². The Kier molecular flexibility index (Phi) is 6.63. The molecule has 1 N–H and O–H groups in total. The van der Waals surface area contributed by atoms with Crippen molar-refractivity contribution >= 4 is 35.1 Å². The fourth-order valence-electron chi connectivity index (χ4n) is 0.709. The molecule has 0 spiro atoms. The maximum Gasteiger partial charge on any atom is 0.337 e. The lowest BCUT2D eigenvalue weighted by Crippen LogP contribution is -2.28. The molecule has 0 aromatic rings. The van der Waals surface area contributed by atoms with E-state index in [0.717, 1.165) is 0 Å². The van der Waals surface area contributed by atoms with Gasteiger partial charge < -0.3 is 14.6 Å². The van der Waals surface area contributed by atoms with Gasteiger partial charge in [0.15, 0.2) is 17.2 Å². The van der Waals surface area contributed by atoms with Gasteiger partial charge in [0.1, 0.15) is 0 Å². The molecule has 0 aromatic heterocycles. The summed E-state index contributed by atoms with van der Waals surface area (Å²) < 4.78 is 8.96. The standard InChI is InChI=1S/C8H12Cl2O5/c1-4(9)14-7(12)3-6(11)8(13)15-5(2)10/h4-6,11H,3H2,1-2H3. The van der Waals surface area contributed by atoms with Crippen molar-refractivity contribution in [2.45, 2.75) is 37.5 Å². The summed E-state index contributed by atoms with van der Waals surface area (Å²) in [5, 5.41) is 9.17. The number of ether oxygens (including phenoxy) is 2. The fraction of sp³-hybridized carbons (Fsp3) is 0.750. The molecular weight excluding hydrogens is 247 g/mol. The van der Waals surface area contributed by atoms with E-state index in [1.165, 1.54) is 13.8 Å². The van der Waals surface area contributed by atoms with Crippen LogP contribution in [-0.2, 0) is 19.1 Å². The first-order valence-corrected chi connectivity index (χ1v) is 5.06. The number of aliphatic hydroxyl groups is 1. The molecule has 0 aliphatic carbocycles. The first-order chi connectivity index (χ1) is 6.82. The van der Waals surface area contributed by atoms with Crippen molar-refractivity contribution in [2.24, 2.45) is 0 Å². The van der Waals surface area contributed by atoms with Crippen molar-refractivity contribution in [3.63, 3.8) is 0 Å². The lowest BCUT2D eigenvalue weighted by Gasteiger charge is -2.12. The molecule has 0 amide bonds. The molecule has 0 fully saturated rings. The van der Waals surface area contributed by atoms with Crippen LogP contribution in [-0.4, -0.2) is 34.3 Å². The smallest absolute Gasteiger partial charge is 0.337 e. The maximum absolute atomic E-state index is 11.0. The van der Waals surface area contributed by atoms with E-state index in [0.29, 0.717) is 0 Å². The Labute approximate surface area is 97.2 Å². The zero-order valence-corrected chi connectivity index (χ0v) is 9.79. The SMILES string of the molecule is CC(Cl)OC(=O)CC(O)C(=O)OC(C)Cl. The van der Waals surface area contributed by atoms with Crippen LogP contribution in [0.2, 0.25) is 0 Å². The molecule has 0 bridgehead atoms. The number of esters is 2. The predicted molar refractivity (Wildman–Crippen MR) is 53.4 cm³/mol. The predicted octanol–water partition coefficient (Wildman–Crippen LogP) is 0.993. The molecule has 88 valence electrons. The zero-order valence-electron chi connectivity index (χ0n) is 8.28. The van der Waals surface area contributed by atoms with Gasteiger partial charge in [0.05, 0.1) is 6.42 Å². The Morgan fingerprint density at radius 3 is 2.07 bits per heavy atom. The van der Waals surface area contributed by atoms with Gasteiger partial charge in [-0.15, -0.1) is 0 Å². The average Bonchev–Trinajstić information content (AvgIpc) is 2.00. The monoisotopic (exact) mass is 258 g/mol. The first-order valence-electron chi connectivity index (χ1n) is 4.19. The lowest BCUT2D eigenvalue weighted by molar-refractivity contribution is -0.161. The molecule has 7 heteroatoms. The largest absolute Gasteiger partial charge is 0.446 e. The number of carbonyl (C=O) groups excluding carboxylic acids is 2. The maximum atomic E-state index is 11.0. The Morgan fingerprint density at radius 1 is 1.20 bits per heavy atom. The Balaban J connectivity index is 3.96. The fourth-order valence-corrected chi connectivity index (χ4v) is 0.896. The lowest BCUT2D eigenvalue weighted by atomic mass is 10.2. The zero-order chi connectivity index (χ0) is 12.0. The van der Waals surface area contributed by atoms with Gasteiger partial charge in [-0.2, -0.15) is 0 Å². The van der Waals surface area contributed by atoms with E-state index in [2.05, 4.69) is 9.47 Å². The third kappa shape index (κ3) is 7.41. The highest BCUT2D eigenvalue weighted by atomic mass is 35.5. The van der Waals surface area contributed by atoms with Crippen LogP contribution >= 0.6 is 23.2 Å². The minimum absolute atomic E-state index is 0.514. The van der Waals surface area contributed by atoms with Crippen LogP contribution in [0.3, 0.4) is 0 Å². The number of aliphatic hydroxyl groups excluding tert-OH is 1. The summed E-state index contributed by atoms with van der Waals surface area (Å²) >= 11 is 10.7. The van der Waals surface area contributed by atoms with Crippen molar-refractivity contribution in [3.05, 3.63) is 0 Å². The molecule has 3 unspecified atom stereocenters. The molecule has 0 aliphatic rings. The van der Waals surface area contributed by atoms with Crippen molar-refractivity contribution in [2.75, 3.05) is 0 Å². The second kappa shape index (κ2) is 6.87. The summed E-state index contributed by atoms with van der Waals surface area (Å²) in [5.41, 5.74) is -1.68. The van der Waals surface area contributed by atoms with Gasteiger partial charge in [0.25, 0.3) is 0 Å². The van der Waals surface area contributed by atoms with E-state index in [9.17, 15) is 14.7 Å². The van der Waals surface area contributed by atoms with E-state index < -0.39 is 35.6 Å². The first kappa shape index (κ1) is 14.5. The molecule has 0 rings (SSSR count). The van der Waals surface area contributed by atoms with Gasteiger partial charge in [0.2, 0.25) is 0 Å². The molecule has 0 aliphatic heterocycles. The Hall–Kier alpha value is -0.520. The van der Waals surface area contributed by atoms with Crippen LogP contribution in [0.1, 0.15) is 20.3 Å². The number of halogens is 2. The summed E-state index contributed by atoms with van der Waals surface area (Å²) in [5.74, 6) is -1.76. The van der Waals surface area contributed by atoms with Gasteiger partial charge in [-0.1, -0.05) is 23.2 Å². The van der Waals surface area contributed by atoms with E-state index in [1.807, 2.05) is 0 Å². The summed E-state index contributed by atoms with van der Waals surface area (Å²) in [6.07, 6.45) is -2.10. The van der Waals surface area contributed by atoms with Gasteiger partial charge >= 0.3 is 11.9 Å². The summed E-state index contributed by atoms with van der Waals surface area (Å²) in [6.45, 7) is 2.84. The number of carbonyl (C=O) groups is 2. The minimum Gasteiger partial charge on any atom is -0.446 e. The quantitative estimate of drug-likeness (QED) is 0.588. The topological polar surface area (TPSA) is 72.8 Å².